The maximum absolute atomic E-state index is 11.7. The lowest BCUT2D eigenvalue weighted by Crippen LogP contribution is -2.40. The Hall–Kier alpha value is -1.35. The number of aliphatic carboxylic acids is 1. The van der Waals surface area contributed by atoms with Gasteiger partial charge in [0.25, 0.3) is 0 Å². The molecule has 2 atom stereocenters. The van der Waals surface area contributed by atoms with Crippen molar-refractivity contribution in [3.63, 3.8) is 0 Å². The SMILES string of the molecule is Cc1cccc(C)c1[C@@H]1CN(C(C)(C)C)C[C@H]1C(=O)O. The summed E-state index contributed by atoms with van der Waals surface area (Å²) in [6, 6.07) is 6.21. The molecule has 1 fully saturated rings. The molecule has 0 spiro atoms. The van der Waals surface area contributed by atoms with Crippen LogP contribution in [-0.4, -0.2) is 34.6 Å². The molecule has 1 aromatic rings. The number of aryl methyl sites for hydroxylation is 2. The third-order valence-electron chi connectivity index (χ3n) is 4.50. The van der Waals surface area contributed by atoms with Crippen molar-refractivity contribution < 1.29 is 9.90 Å². The molecule has 3 heteroatoms. The third kappa shape index (κ3) is 2.73. The smallest absolute Gasteiger partial charge is 0.308 e. The number of carbonyl (C=O) groups is 1. The van der Waals surface area contributed by atoms with Gasteiger partial charge in [-0.2, -0.15) is 0 Å². The summed E-state index contributed by atoms with van der Waals surface area (Å²) in [5, 5.41) is 9.58. The van der Waals surface area contributed by atoms with Crippen molar-refractivity contribution in [1.82, 2.24) is 4.90 Å². The normalized spacial score (nSPS) is 24.1. The van der Waals surface area contributed by atoms with Gasteiger partial charge in [0.05, 0.1) is 5.92 Å². The number of rotatable bonds is 2. The van der Waals surface area contributed by atoms with Crippen molar-refractivity contribution in [2.45, 2.75) is 46.1 Å². The minimum absolute atomic E-state index is 0.0129. The van der Waals surface area contributed by atoms with Crippen LogP contribution in [0.4, 0.5) is 0 Å². The summed E-state index contributed by atoms with van der Waals surface area (Å²) in [6.07, 6.45) is 0. The van der Waals surface area contributed by atoms with Crippen molar-refractivity contribution in [3.8, 4) is 0 Å². The van der Waals surface area contributed by atoms with E-state index in [1.807, 2.05) is 6.07 Å². The van der Waals surface area contributed by atoms with Gasteiger partial charge in [-0.1, -0.05) is 18.2 Å². The van der Waals surface area contributed by atoms with Crippen LogP contribution in [0.5, 0.6) is 0 Å². The lowest BCUT2D eigenvalue weighted by atomic mass is 9.84. The predicted molar refractivity (Wildman–Crippen MR) is 81.1 cm³/mol. The molecule has 1 aromatic carbocycles. The van der Waals surface area contributed by atoms with Gasteiger partial charge in [0.15, 0.2) is 0 Å². The quantitative estimate of drug-likeness (QED) is 0.901. The molecule has 20 heavy (non-hydrogen) atoms. The first-order chi connectivity index (χ1) is 9.21. The largest absolute Gasteiger partial charge is 0.481 e. The number of hydrogen-bond donors (Lipinski definition) is 1. The highest BCUT2D eigenvalue weighted by molar-refractivity contribution is 5.72. The molecule has 0 radical (unpaired) electrons. The van der Waals surface area contributed by atoms with Gasteiger partial charge < -0.3 is 5.11 Å². The van der Waals surface area contributed by atoms with E-state index in [1.165, 1.54) is 16.7 Å². The Morgan fingerprint density at radius 2 is 1.75 bits per heavy atom. The van der Waals surface area contributed by atoms with Gasteiger partial charge in [0.1, 0.15) is 0 Å². The number of likely N-dealkylation sites (tertiary alicyclic amines) is 1. The Bertz CT molecular complexity index is 496. The van der Waals surface area contributed by atoms with Crippen molar-refractivity contribution in [2.75, 3.05) is 13.1 Å². The Morgan fingerprint density at radius 1 is 1.20 bits per heavy atom. The van der Waals surface area contributed by atoms with E-state index in [0.29, 0.717) is 6.54 Å². The van der Waals surface area contributed by atoms with Crippen LogP contribution in [0.25, 0.3) is 0 Å². The monoisotopic (exact) mass is 275 g/mol. The molecule has 0 amide bonds. The van der Waals surface area contributed by atoms with Crippen LogP contribution in [0.15, 0.2) is 18.2 Å². The van der Waals surface area contributed by atoms with E-state index < -0.39 is 5.97 Å². The molecular weight excluding hydrogens is 250 g/mol. The van der Waals surface area contributed by atoms with E-state index in [4.69, 9.17) is 0 Å². The summed E-state index contributed by atoms with van der Waals surface area (Å²) in [5.41, 5.74) is 3.65. The summed E-state index contributed by atoms with van der Waals surface area (Å²) < 4.78 is 0. The molecule has 0 saturated carbocycles. The van der Waals surface area contributed by atoms with Gasteiger partial charge in [-0.05, 0) is 51.3 Å². The maximum atomic E-state index is 11.7. The summed E-state index contributed by atoms with van der Waals surface area (Å²) in [5.74, 6) is -0.897. The van der Waals surface area contributed by atoms with Gasteiger partial charge in [0.2, 0.25) is 0 Å². The molecule has 3 nitrogen and oxygen atoms in total. The van der Waals surface area contributed by atoms with Crippen molar-refractivity contribution >= 4 is 5.97 Å². The van der Waals surface area contributed by atoms with Gasteiger partial charge in [-0.15, -0.1) is 0 Å². The molecule has 0 bridgehead atoms. The lowest BCUT2D eigenvalue weighted by molar-refractivity contribution is -0.141. The molecular formula is C17H25NO2. The fraction of sp³-hybridized carbons (Fsp3) is 0.588. The second kappa shape index (κ2) is 5.21. The molecule has 110 valence electrons. The molecule has 0 unspecified atom stereocenters. The van der Waals surface area contributed by atoms with E-state index in [0.717, 1.165) is 6.54 Å². The lowest BCUT2D eigenvalue weighted by Gasteiger charge is -2.32. The van der Waals surface area contributed by atoms with Crippen LogP contribution in [0.1, 0.15) is 43.4 Å². The fourth-order valence-corrected chi connectivity index (χ4v) is 3.31. The topological polar surface area (TPSA) is 40.5 Å². The van der Waals surface area contributed by atoms with Crippen molar-refractivity contribution in [2.24, 2.45) is 5.92 Å². The van der Waals surface area contributed by atoms with Gasteiger partial charge in [-0.25, -0.2) is 0 Å². The summed E-state index contributed by atoms with van der Waals surface area (Å²) in [6.45, 7) is 12.1. The highest BCUT2D eigenvalue weighted by atomic mass is 16.4. The number of benzene rings is 1. The van der Waals surface area contributed by atoms with E-state index in [1.54, 1.807) is 0 Å². The first-order valence-corrected chi connectivity index (χ1v) is 7.25. The number of hydrogen-bond acceptors (Lipinski definition) is 2. The van der Waals surface area contributed by atoms with E-state index in [2.05, 4.69) is 51.7 Å². The second-order valence-electron chi connectivity index (χ2n) is 6.93. The van der Waals surface area contributed by atoms with Crippen LogP contribution in [-0.2, 0) is 4.79 Å². The molecule has 0 aliphatic carbocycles. The van der Waals surface area contributed by atoms with Crippen molar-refractivity contribution in [1.29, 1.82) is 0 Å². The summed E-state index contributed by atoms with van der Waals surface area (Å²) in [4.78, 5) is 13.9. The first kappa shape index (κ1) is 15.0. The maximum Gasteiger partial charge on any atom is 0.308 e. The molecule has 1 N–H and O–H groups in total. The summed E-state index contributed by atoms with van der Waals surface area (Å²) >= 11 is 0. The molecule has 0 aromatic heterocycles. The molecule has 1 heterocycles. The van der Waals surface area contributed by atoms with E-state index in [9.17, 15) is 9.90 Å². The van der Waals surface area contributed by atoms with E-state index in [-0.39, 0.29) is 17.4 Å². The van der Waals surface area contributed by atoms with Crippen molar-refractivity contribution in [3.05, 3.63) is 34.9 Å². The molecule has 1 aliphatic rings. The predicted octanol–water partition coefficient (Wildman–Crippen LogP) is 3.20. The highest BCUT2D eigenvalue weighted by Gasteiger charge is 2.42. The fourth-order valence-electron chi connectivity index (χ4n) is 3.31. The van der Waals surface area contributed by atoms with Crippen LogP contribution >= 0.6 is 0 Å². The standard InChI is InChI=1S/C17H25NO2/c1-11-7-6-8-12(2)15(11)13-9-18(17(3,4)5)10-14(13)16(19)20/h6-8,13-14H,9-10H2,1-5H3,(H,19,20)/t13-,14-/m1/s1. The molecule has 2 rings (SSSR count). The van der Waals surface area contributed by atoms with Gasteiger partial charge >= 0.3 is 5.97 Å². The number of carboxylic acid groups (broad SMARTS) is 1. The Balaban J connectivity index is 2.41. The van der Waals surface area contributed by atoms with Crippen LogP contribution in [0.3, 0.4) is 0 Å². The van der Waals surface area contributed by atoms with E-state index >= 15 is 0 Å². The number of nitrogens with zero attached hydrogens (tertiary/aromatic N) is 1. The minimum Gasteiger partial charge on any atom is -0.481 e. The summed E-state index contributed by atoms with van der Waals surface area (Å²) in [7, 11) is 0. The average Bonchev–Trinajstić information content (AvgIpc) is 2.73. The zero-order valence-electron chi connectivity index (χ0n) is 13.1. The average molecular weight is 275 g/mol. The first-order valence-electron chi connectivity index (χ1n) is 7.25. The Kier molecular flexibility index (Phi) is 3.92. The molecule has 1 aliphatic heterocycles. The third-order valence-corrected chi connectivity index (χ3v) is 4.50. The minimum atomic E-state index is -0.676. The van der Waals surface area contributed by atoms with Crippen LogP contribution in [0.2, 0.25) is 0 Å². The zero-order valence-corrected chi connectivity index (χ0v) is 13.1. The molecule has 1 saturated heterocycles. The number of carboxylic acids is 1. The highest BCUT2D eigenvalue weighted by Crippen LogP contribution is 2.38. The second-order valence-corrected chi connectivity index (χ2v) is 6.93. The van der Waals surface area contributed by atoms with Crippen LogP contribution < -0.4 is 0 Å². The zero-order chi connectivity index (χ0) is 15.1. The van der Waals surface area contributed by atoms with Crippen LogP contribution in [0, 0.1) is 19.8 Å². The van der Waals surface area contributed by atoms with Gasteiger partial charge in [-0.3, -0.25) is 9.69 Å². The Labute approximate surface area is 121 Å². The van der Waals surface area contributed by atoms with Gasteiger partial charge in [0, 0.05) is 24.5 Å². The Morgan fingerprint density at radius 3 is 2.20 bits per heavy atom.